The summed E-state index contributed by atoms with van der Waals surface area (Å²) < 4.78 is 7.70. The average molecular weight is 429 g/mol. The van der Waals surface area contributed by atoms with Gasteiger partial charge in [0.05, 0.1) is 18.3 Å². The lowest BCUT2D eigenvalue weighted by Gasteiger charge is -2.14. The van der Waals surface area contributed by atoms with Gasteiger partial charge in [-0.15, -0.1) is 5.10 Å². The fourth-order valence-corrected chi connectivity index (χ4v) is 2.91. The van der Waals surface area contributed by atoms with Crippen LogP contribution in [-0.2, 0) is 11.3 Å². The molecule has 1 amide bonds. The van der Waals surface area contributed by atoms with Gasteiger partial charge >= 0.3 is 11.2 Å². The summed E-state index contributed by atoms with van der Waals surface area (Å²) in [5.74, 6) is -0.438. The molecule has 0 spiro atoms. The molecular weight excluding hydrogens is 408 g/mol. The molecule has 9 heteroatoms. The van der Waals surface area contributed by atoms with Crippen molar-refractivity contribution < 1.29 is 9.53 Å². The Balaban J connectivity index is 2.15. The van der Waals surface area contributed by atoms with E-state index in [-0.39, 0.29) is 24.4 Å². The number of carbonyl (C=O) groups is 1. The van der Waals surface area contributed by atoms with Gasteiger partial charge < -0.3 is 10.1 Å². The lowest BCUT2D eigenvalue weighted by atomic mass is 10.2. The molecule has 2 aromatic carbocycles. The van der Waals surface area contributed by atoms with E-state index in [1.54, 1.807) is 62.4 Å². The Labute approximate surface area is 177 Å². The van der Waals surface area contributed by atoms with E-state index >= 15 is 0 Å². The van der Waals surface area contributed by atoms with E-state index in [9.17, 15) is 14.4 Å². The molecule has 0 unspecified atom stereocenters. The molecule has 0 aliphatic heterocycles. The van der Waals surface area contributed by atoms with Crippen molar-refractivity contribution in [1.82, 2.24) is 14.3 Å². The zero-order valence-electron chi connectivity index (χ0n) is 16.8. The SMILES string of the molecule is CC(=O)Nc1cccc(-n2nc(OC(C)C)c(=O)n(Cc3ccc(Cl)cc3)c2=O)c1. The summed E-state index contributed by atoms with van der Waals surface area (Å²) in [6.07, 6.45) is -0.314. The van der Waals surface area contributed by atoms with Crippen LogP contribution in [0.2, 0.25) is 5.02 Å². The first-order valence-corrected chi connectivity index (χ1v) is 9.65. The maximum Gasteiger partial charge on any atom is 0.352 e. The van der Waals surface area contributed by atoms with E-state index in [0.29, 0.717) is 16.4 Å². The van der Waals surface area contributed by atoms with Crippen molar-refractivity contribution in [3.8, 4) is 11.6 Å². The first-order valence-electron chi connectivity index (χ1n) is 9.28. The minimum Gasteiger partial charge on any atom is -0.470 e. The van der Waals surface area contributed by atoms with Gasteiger partial charge in [-0.25, -0.2) is 9.36 Å². The number of nitrogens with one attached hydrogen (secondary N) is 1. The molecule has 0 radical (unpaired) electrons. The fraction of sp³-hybridized carbons (Fsp3) is 0.238. The highest BCUT2D eigenvalue weighted by Gasteiger charge is 2.17. The Kier molecular flexibility index (Phi) is 6.37. The number of carbonyl (C=O) groups excluding carboxylic acids is 1. The van der Waals surface area contributed by atoms with E-state index < -0.39 is 11.2 Å². The zero-order valence-corrected chi connectivity index (χ0v) is 17.5. The Morgan fingerprint density at radius 1 is 1.17 bits per heavy atom. The van der Waals surface area contributed by atoms with Crippen LogP contribution in [0.25, 0.3) is 5.69 Å². The van der Waals surface area contributed by atoms with Crippen LogP contribution in [0.1, 0.15) is 26.3 Å². The number of halogens is 1. The third kappa shape index (κ3) is 4.96. The Morgan fingerprint density at radius 2 is 1.87 bits per heavy atom. The predicted molar refractivity (Wildman–Crippen MR) is 115 cm³/mol. The van der Waals surface area contributed by atoms with Gasteiger partial charge in [0, 0.05) is 17.6 Å². The number of anilines is 1. The Bertz CT molecular complexity index is 1180. The minimum atomic E-state index is -0.633. The largest absolute Gasteiger partial charge is 0.470 e. The zero-order chi connectivity index (χ0) is 21.8. The normalized spacial score (nSPS) is 10.8. The molecular formula is C21H21ClN4O4. The van der Waals surface area contributed by atoms with Gasteiger partial charge in [-0.1, -0.05) is 29.8 Å². The number of hydrogen-bond donors (Lipinski definition) is 1. The van der Waals surface area contributed by atoms with E-state index in [2.05, 4.69) is 10.4 Å². The maximum absolute atomic E-state index is 13.1. The fourth-order valence-electron chi connectivity index (χ4n) is 2.79. The highest BCUT2D eigenvalue weighted by atomic mass is 35.5. The molecule has 0 atom stereocenters. The maximum atomic E-state index is 13.1. The van der Waals surface area contributed by atoms with Gasteiger partial charge in [-0.3, -0.25) is 9.59 Å². The number of ether oxygens (including phenoxy) is 1. The third-order valence-corrected chi connectivity index (χ3v) is 4.30. The molecule has 0 fully saturated rings. The molecule has 8 nitrogen and oxygen atoms in total. The van der Waals surface area contributed by atoms with Crippen molar-refractivity contribution in [3.05, 3.63) is 80.0 Å². The van der Waals surface area contributed by atoms with Crippen molar-refractivity contribution in [2.24, 2.45) is 0 Å². The molecule has 0 saturated heterocycles. The second-order valence-electron chi connectivity index (χ2n) is 6.92. The number of amides is 1. The van der Waals surface area contributed by atoms with Crippen molar-refractivity contribution in [2.75, 3.05) is 5.32 Å². The number of rotatable bonds is 6. The lowest BCUT2D eigenvalue weighted by molar-refractivity contribution is -0.114. The van der Waals surface area contributed by atoms with E-state index in [4.69, 9.17) is 16.3 Å². The molecule has 0 saturated carbocycles. The summed E-state index contributed by atoms with van der Waals surface area (Å²) in [5, 5.41) is 7.34. The van der Waals surface area contributed by atoms with Gasteiger partial charge in [0.2, 0.25) is 5.91 Å². The minimum absolute atomic E-state index is 0.0250. The van der Waals surface area contributed by atoms with Crippen LogP contribution >= 0.6 is 11.6 Å². The summed E-state index contributed by atoms with van der Waals surface area (Å²) in [5.41, 5.74) is 0.336. The van der Waals surface area contributed by atoms with Gasteiger partial charge in [0.15, 0.2) is 0 Å². The summed E-state index contributed by atoms with van der Waals surface area (Å²) in [7, 11) is 0. The summed E-state index contributed by atoms with van der Waals surface area (Å²) in [4.78, 5) is 37.4. The summed E-state index contributed by atoms with van der Waals surface area (Å²) >= 11 is 5.92. The van der Waals surface area contributed by atoms with Crippen molar-refractivity contribution >= 4 is 23.2 Å². The highest BCUT2D eigenvalue weighted by Crippen LogP contribution is 2.14. The number of nitrogens with zero attached hydrogens (tertiary/aromatic N) is 3. The molecule has 30 heavy (non-hydrogen) atoms. The van der Waals surface area contributed by atoms with Crippen molar-refractivity contribution in [3.63, 3.8) is 0 Å². The quantitative estimate of drug-likeness (QED) is 0.651. The molecule has 0 aliphatic carbocycles. The van der Waals surface area contributed by atoms with Gasteiger partial charge in [-0.05, 0) is 49.7 Å². The van der Waals surface area contributed by atoms with E-state index in [1.807, 2.05) is 0 Å². The highest BCUT2D eigenvalue weighted by molar-refractivity contribution is 6.30. The number of benzene rings is 2. The van der Waals surface area contributed by atoms with Crippen LogP contribution in [0.3, 0.4) is 0 Å². The predicted octanol–water partition coefficient (Wildman–Crippen LogP) is 2.84. The van der Waals surface area contributed by atoms with Crippen LogP contribution in [0, 0.1) is 0 Å². The van der Waals surface area contributed by atoms with Gasteiger partial charge in [-0.2, -0.15) is 4.68 Å². The second kappa shape index (κ2) is 8.96. The molecule has 0 aliphatic rings. The Hall–Kier alpha value is -3.39. The van der Waals surface area contributed by atoms with E-state index in [0.717, 1.165) is 14.8 Å². The number of hydrogen-bond acceptors (Lipinski definition) is 5. The first-order chi connectivity index (χ1) is 14.2. The third-order valence-electron chi connectivity index (χ3n) is 4.04. The number of aromatic nitrogens is 3. The molecule has 3 rings (SSSR count). The van der Waals surface area contributed by atoms with Crippen molar-refractivity contribution in [2.45, 2.75) is 33.4 Å². The van der Waals surface area contributed by atoms with Crippen LogP contribution in [-0.4, -0.2) is 26.4 Å². The topological polar surface area (TPSA) is 95.2 Å². The van der Waals surface area contributed by atoms with Gasteiger partial charge in [0.1, 0.15) is 0 Å². The smallest absolute Gasteiger partial charge is 0.352 e. The average Bonchev–Trinajstić information content (AvgIpc) is 2.68. The van der Waals surface area contributed by atoms with Crippen LogP contribution < -0.4 is 21.3 Å². The van der Waals surface area contributed by atoms with Crippen LogP contribution in [0.15, 0.2) is 58.1 Å². The lowest BCUT2D eigenvalue weighted by Crippen LogP contribution is -2.42. The summed E-state index contributed by atoms with van der Waals surface area (Å²) in [6, 6.07) is 13.4. The van der Waals surface area contributed by atoms with Crippen molar-refractivity contribution in [1.29, 1.82) is 0 Å². The molecule has 156 valence electrons. The standard InChI is InChI=1S/C21H21ClN4O4/c1-13(2)30-19-20(28)25(12-15-7-9-16(22)10-8-15)21(29)26(24-19)18-6-4-5-17(11-18)23-14(3)27/h4-11,13H,12H2,1-3H3,(H,23,27). The molecule has 0 bridgehead atoms. The molecule has 1 aromatic heterocycles. The monoisotopic (exact) mass is 428 g/mol. The Morgan fingerprint density at radius 3 is 2.50 bits per heavy atom. The van der Waals surface area contributed by atoms with E-state index in [1.165, 1.54) is 6.92 Å². The molecule has 1 N–H and O–H groups in total. The van der Waals surface area contributed by atoms with Crippen LogP contribution in [0.5, 0.6) is 5.88 Å². The summed E-state index contributed by atoms with van der Waals surface area (Å²) in [6.45, 7) is 4.93. The first kappa shape index (κ1) is 21.3. The molecule has 3 aromatic rings. The second-order valence-corrected chi connectivity index (χ2v) is 7.35. The van der Waals surface area contributed by atoms with Gasteiger partial charge in [0.25, 0.3) is 5.88 Å². The molecule has 1 heterocycles. The van der Waals surface area contributed by atoms with Crippen LogP contribution in [0.4, 0.5) is 5.69 Å².